The zero-order chi connectivity index (χ0) is 22.1. The lowest BCUT2D eigenvalue weighted by atomic mass is 9.99. The van der Waals surface area contributed by atoms with E-state index in [0.29, 0.717) is 37.5 Å². The Morgan fingerprint density at radius 2 is 1.91 bits per heavy atom. The van der Waals surface area contributed by atoms with Crippen LogP contribution in [0.4, 0.5) is 0 Å². The summed E-state index contributed by atoms with van der Waals surface area (Å²) in [6.45, 7) is 4.30. The molecule has 32 heavy (non-hydrogen) atoms. The Bertz CT molecular complexity index is 1120. The smallest absolute Gasteiger partial charge is 0.290 e. The number of nitrogens with zero attached hydrogens (tertiary/aromatic N) is 2. The molecule has 1 atom stereocenters. The highest BCUT2D eigenvalue weighted by Crippen LogP contribution is 2.39. The first-order valence-corrected chi connectivity index (χ1v) is 10.7. The second-order valence-corrected chi connectivity index (χ2v) is 7.96. The third-order valence-electron chi connectivity index (χ3n) is 5.99. The molecule has 5 rings (SSSR count). The number of aliphatic hydroxyl groups excluding tert-OH is 1. The molecule has 0 spiro atoms. The maximum atomic E-state index is 13.4. The van der Waals surface area contributed by atoms with Crippen LogP contribution >= 0.6 is 0 Å². The molecule has 2 aliphatic heterocycles. The molecular formula is C24H24N2O6. The third-order valence-corrected chi connectivity index (χ3v) is 5.99. The molecule has 0 saturated carbocycles. The van der Waals surface area contributed by atoms with Crippen molar-refractivity contribution >= 4 is 22.7 Å². The first kappa shape index (κ1) is 20.5. The molecule has 1 aromatic carbocycles. The van der Waals surface area contributed by atoms with Crippen molar-refractivity contribution in [2.75, 3.05) is 39.4 Å². The van der Waals surface area contributed by atoms with Crippen molar-refractivity contribution in [2.24, 2.45) is 0 Å². The van der Waals surface area contributed by atoms with E-state index in [2.05, 4.69) is 4.90 Å². The topological polar surface area (TPSA) is 96.4 Å². The molecule has 0 bridgehead atoms. The quantitative estimate of drug-likeness (QED) is 0.568. The lowest BCUT2D eigenvalue weighted by Gasteiger charge is -2.29. The number of hydrogen-bond donors (Lipinski definition) is 1. The summed E-state index contributed by atoms with van der Waals surface area (Å²) in [7, 11) is 0. The van der Waals surface area contributed by atoms with E-state index < -0.39 is 23.5 Å². The minimum absolute atomic E-state index is 0.0182. The molecule has 0 radical (unpaired) electrons. The number of amides is 1. The van der Waals surface area contributed by atoms with E-state index in [9.17, 15) is 14.7 Å². The Hall–Kier alpha value is -3.36. The number of carbonyl (C=O) groups is 2. The highest BCUT2D eigenvalue weighted by molar-refractivity contribution is 6.15. The summed E-state index contributed by atoms with van der Waals surface area (Å²) < 4.78 is 16.7. The SMILES string of the molecule is O=C(C1=C(O)C(=O)N(CCCN2CCOCC2)[C@H]1c1ccco1)c1cc2ccccc2o1. The predicted octanol–water partition coefficient (Wildman–Crippen LogP) is 3.33. The zero-order valence-corrected chi connectivity index (χ0v) is 17.5. The Labute approximate surface area is 184 Å². The van der Waals surface area contributed by atoms with Gasteiger partial charge in [0.25, 0.3) is 5.91 Å². The zero-order valence-electron chi connectivity index (χ0n) is 17.5. The molecule has 1 N–H and O–H groups in total. The molecule has 0 aliphatic carbocycles. The van der Waals surface area contributed by atoms with Crippen molar-refractivity contribution in [2.45, 2.75) is 12.5 Å². The number of hydrogen-bond acceptors (Lipinski definition) is 7. The molecule has 0 unspecified atom stereocenters. The van der Waals surface area contributed by atoms with E-state index in [0.717, 1.165) is 25.0 Å². The van der Waals surface area contributed by atoms with Crippen molar-refractivity contribution < 1.29 is 28.3 Å². The summed E-state index contributed by atoms with van der Waals surface area (Å²) in [5, 5.41) is 11.5. The number of para-hydroxylation sites is 1. The van der Waals surface area contributed by atoms with Crippen LogP contribution in [0.25, 0.3) is 11.0 Å². The van der Waals surface area contributed by atoms with Crippen LogP contribution in [0.5, 0.6) is 0 Å². The Morgan fingerprint density at radius 3 is 2.66 bits per heavy atom. The Balaban J connectivity index is 1.41. The standard InChI is InChI=1S/C24H24N2O6/c27-22(19-15-16-5-1-2-6-17(16)32-19)20-21(18-7-3-12-31-18)26(24(29)23(20)28)9-4-8-25-10-13-30-14-11-25/h1-3,5-7,12,15,21,28H,4,8-11,13-14H2/t21-/m0/s1. The molecule has 3 aromatic rings. The molecule has 4 heterocycles. The molecule has 1 amide bonds. The van der Waals surface area contributed by atoms with Gasteiger partial charge in [-0.1, -0.05) is 18.2 Å². The number of carbonyl (C=O) groups excluding carboxylic acids is 2. The second kappa shape index (κ2) is 8.64. The maximum absolute atomic E-state index is 13.4. The molecule has 166 valence electrons. The summed E-state index contributed by atoms with van der Waals surface area (Å²) in [5.74, 6) is -1.15. The van der Waals surface area contributed by atoms with Crippen molar-refractivity contribution in [1.29, 1.82) is 0 Å². The maximum Gasteiger partial charge on any atom is 0.290 e. The third kappa shape index (κ3) is 3.72. The number of ketones is 1. The first-order valence-electron chi connectivity index (χ1n) is 10.7. The largest absolute Gasteiger partial charge is 0.503 e. The summed E-state index contributed by atoms with van der Waals surface area (Å²) in [6, 6.07) is 11.5. The molecule has 2 aliphatic rings. The molecule has 2 aromatic heterocycles. The van der Waals surface area contributed by atoms with Gasteiger partial charge in [0.05, 0.1) is 25.1 Å². The van der Waals surface area contributed by atoms with E-state index in [1.165, 1.54) is 11.2 Å². The van der Waals surface area contributed by atoms with Gasteiger partial charge in [0.15, 0.2) is 11.5 Å². The van der Waals surface area contributed by atoms with Gasteiger partial charge in [-0.2, -0.15) is 0 Å². The summed E-state index contributed by atoms with van der Waals surface area (Å²) >= 11 is 0. The fourth-order valence-electron chi connectivity index (χ4n) is 4.37. The van der Waals surface area contributed by atoms with E-state index in [1.54, 1.807) is 24.3 Å². The lowest BCUT2D eigenvalue weighted by Crippen LogP contribution is -2.39. The molecule has 1 fully saturated rings. The highest BCUT2D eigenvalue weighted by Gasteiger charge is 2.45. The van der Waals surface area contributed by atoms with Crippen molar-refractivity contribution in [3.05, 3.63) is 71.6 Å². The fraction of sp³-hybridized carbons (Fsp3) is 0.333. The molecular weight excluding hydrogens is 412 g/mol. The van der Waals surface area contributed by atoms with Crippen LogP contribution in [0, 0.1) is 0 Å². The van der Waals surface area contributed by atoms with Gasteiger partial charge < -0.3 is 23.6 Å². The van der Waals surface area contributed by atoms with E-state index in [-0.39, 0.29) is 11.3 Å². The number of fused-ring (bicyclic) bond motifs is 1. The van der Waals surface area contributed by atoms with Crippen molar-refractivity contribution in [1.82, 2.24) is 9.80 Å². The number of furan rings is 2. The van der Waals surface area contributed by atoms with Crippen LogP contribution in [0.1, 0.15) is 28.8 Å². The lowest BCUT2D eigenvalue weighted by molar-refractivity contribution is -0.129. The number of aliphatic hydroxyl groups is 1. The van der Waals surface area contributed by atoms with Gasteiger partial charge in [-0.15, -0.1) is 0 Å². The summed E-state index contributed by atoms with van der Waals surface area (Å²) in [6.07, 6.45) is 2.19. The monoisotopic (exact) mass is 436 g/mol. The van der Waals surface area contributed by atoms with Gasteiger partial charge in [-0.05, 0) is 30.7 Å². The normalized spacial score (nSPS) is 19.9. The average molecular weight is 436 g/mol. The highest BCUT2D eigenvalue weighted by atomic mass is 16.5. The van der Waals surface area contributed by atoms with Crippen LogP contribution < -0.4 is 0 Å². The molecule has 8 nitrogen and oxygen atoms in total. The van der Waals surface area contributed by atoms with Gasteiger partial charge in [-0.25, -0.2) is 0 Å². The number of Topliss-reactive ketones (excluding diaryl/α,β-unsaturated/α-hetero) is 1. The van der Waals surface area contributed by atoms with Gasteiger partial charge in [0.2, 0.25) is 5.78 Å². The van der Waals surface area contributed by atoms with E-state index in [4.69, 9.17) is 13.6 Å². The van der Waals surface area contributed by atoms with Crippen LogP contribution in [0.2, 0.25) is 0 Å². The van der Waals surface area contributed by atoms with Gasteiger partial charge in [-0.3, -0.25) is 14.5 Å². The van der Waals surface area contributed by atoms with Crippen LogP contribution in [0.15, 0.2) is 68.9 Å². The minimum atomic E-state index is -0.803. The predicted molar refractivity (Wildman–Crippen MR) is 115 cm³/mol. The number of benzene rings is 1. The Morgan fingerprint density at radius 1 is 1.09 bits per heavy atom. The van der Waals surface area contributed by atoms with Crippen LogP contribution in [-0.4, -0.2) is 66.0 Å². The van der Waals surface area contributed by atoms with Crippen molar-refractivity contribution in [3.8, 4) is 0 Å². The van der Waals surface area contributed by atoms with Gasteiger partial charge in [0, 0.05) is 31.6 Å². The molecule has 1 saturated heterocycles. The number of morpholine rings is 1. The average Bonchev–Trinajstić information content (AvgIpc) is 3.54. The van der Waals surface area contributed by atoms with Gasteiger partial charge in [0.1, 0.15) is 17.4 Å². The molecule has 8 heteroatoms. The minimum Gasteiger partial charge on any atom is -0.503 e. The fourth-order valence-corrected chi connectivity index (χ4v) is 4.37. The summed E-state index contributed by atoms with van der Waals surface area (Å²) in [5.41, 5.74) is 0.549. The second-order valence-electron chi connectivity index (χ2n) is 7.96. The van der Waals surface area contributed by atoms with E-state index >= 15 is 0 Å². The Kier molecular flexibility index (Phi) is 5.55. The van der Waals surface area contributed by atoms with Gasteiger partial charge >= 0.3 is 0 Å². The number of rotatable bonds is 7. The van der Waals surface area contributed by atoms with Crippen LogP contribution in [-0.2, 0) is 9.53 Å². The number of ether oxygens (including phenoxy) is 1. The van der Waals surface area contributed by atoms with Crippen LogP contribution in [0.3, 0.4) is 0 Å². The first-order chi connectivity index (χ1) is 15.6. The van der Waals surface area contributed by atoms with E-state index in [1.807, 2.05) is 18.2 Å². The van der Waals surface area contributed by atoms with Crippen molar-refractivity contribution in [3.63, 3.8) is 0 Å². The summed E-state index contributed by atoms with van der Waals surface area (Å²) in [4.78, 5) is 30.1.